The molecule has 2 unspecified atom stereocenters. The standard InChI is InChI=1S/C21H27Cl2N3O5S/c1-3-13(2)31-19(28)12-16-20(29)24-8-9-26(16)21(32)25-18(27)5-4-10-30-17-7-6-14(22)11-15(17)23/h6-7,11,13,16H,3-5,8-10,12H2,1-2H3,(H,24,29)(H,25,27,32). The van der Waals surface area contributed by atoms with Gasteiger partial charge in [0.05, 0.1) is 24.2 Å². The molecule has 0 aliphatic carbocycles. The van der Waals surface area contributed by atoms with Crippen molar-refractivity contribution in [3.05, 3.63) is 28.2 Å². The van der Waals surface area contributed by atoms with E-state index < -0.39 is 12.0 Å². The minimum Gasteiger partial charge on any atom is -0.492 e. The number of ether oxygens (including phenoxy) is 2. The summed E-state index contributed by atoms with van der Waals surface area (Å²) >= 11 is 17.2. The third-order valence-corrected chi connectivity index (χ3v) is 5.67. The van der Waals surface area contributed by atoms with E-state index in [9.17, 15) is 14.4 Å². The molecule has 2 rings (SSSR count). The highest BCUT2D eigenvalue weighted by molar-refractivity contribution is 7.80. The molecule has 1 aromatic carbocycles. The number of piperazine rings is 1. The molecule has 2 atom stereocenters. The first-order valence-electron chi connectivity index (χ1n) is 10.4. The van der Waals surface area contributed by atoms with Gasteiger partial charge in [0, 0.05) is 24.5 Å². The highest BCUT2D eigenvalue weighted by Crippen LogP contribution is 2.27. The number of hydrogen-bond donors (Lipinski definition) is 2. The fourth-order valence-corrected chi connectivity index (χ4v) is 3.73. The van der Waals surface area contributed by atoms with Crippen molar-refractivity contribution >= 4 is 58.3 Å². The van der Waals surface area contributed by atoms with Crippen LogP contribution in [0.2, 0.25) is 10.0 Å². The molecule has 0 spiro atoms. The van der Waals surface area contributed by atoms with Gasteiger partial charge in [0.1, 0.15) is 11.8 Å². The first-order valence-corrected chi connectivity index (χ1v) is 11.5. The summed E-state index contributed by atoms with van der Waals surface area (Å²) in [6.45, 7) is 4.70. The van der Waals surface area contributed by atoms with Gasteiger partial charge in [-0.1, -0.05) is 30.1 Å². The lowest BCUT2D eigenvalue weighted by molar-refractivity contribution is -0.151. The second-order valence-corrected chi connectivity index (χ2v) is 8.52. The Balaban J connectivity index is 1.82. The molecule has 176 valence electrons. The molecule has 1 aromatic rings. The first-order chi connectivity index (χ1) is 15.2. The largest absolute Gasteiger partial charge is 0.492 e. The van der Waals surface area contributed by atoms with Gasteiger partial charge in [0.2, 0.25) is 11.8 Å². The van der Waals surface area contributed by atoms with E-state index >= 15 is 0 Å². The average molecular weight is 504 g/mol. The van der Waals surface area contributed by atoms with Crippen LogP contribution in [0.25, 0.3) is 0 Å². The zero-order chi connectivity index (χ0) is 23.7. The van der Waals surface area contributed by atoms with Gasteiger partial charge in [-0.25, -0.2) is 0 Å². The number of nitrogens with one attached hydrogen (secondary N) is 2. The molecule has 1 aliphatic rings. The van der Waals surface area contributed by atoms with Gasteiger partial charge in [-0.2, -0.15) is 0 Å². The molecule has 0 aromatic heterocycles. The fourth-order valence-electron chi connectivity index (χ4n) is 2.94. The summed E-state index contributed by atoms with van der Waals surface area (Å²) in [6, 6.07) is 4.07. The quantitative estimate of drug-likeness (QED) is 0.303. The second kappa shape index (κ2) is 12.8. The fraction of sp³-hybridized carbons (Fsp3) is 0.524. The Morgan fingerprint density at radius 3 is 2.81 bits per heavy atom. The Morgan fingerprint density at radius 2 is 2.12 bits per heavy atom. The van der Waals surface area contributed by atoms with E-state index in [1.807, 2.05) is 6.92 Å². The Labute approximate surface area is 202 Å². The lowest BCUT2D eigenvalue weighted by Gasteiger charge is -2.36. The zero-order valence-electron chi connectivity index (χ0n) is 18.0. The highest BCUT2D eigenvalue weighted by atomic mass is 35.5. The Bertz CT molecular complexity index is 855. The van der Waals surface area contributed by atoms with E-state index in [1.165, 1.54) is 0 Å². The lowest BCUT2D eigenvalue weighted by atomic mass is 10.1. The molecule has 1 saturated heterocycles. The third-order valence-electron chi connectivity index (χ3n) is 4.81. The Morgan fingerprint density at radius 1 is 1.38 bits per heavy atom. The maximum Gasteiger partial charge on any atom is 0.308 e. The van der Waals surface area contributed by atoms with Crippen molar-refractivity contribution in [3.8, 4) is 5.75 Å². The number of esters is 1. The number of thiocarbonyl (C=S) groups is 1. The molecule has 2 N–H and O–H groups in total. The van der Waals surface area contributed by atoms with Gasteiger partial charge in [0.15, 0.2) is 5.11 Å². The summed E-state index contributed by atoms with van der Waals surface area (Å²) in [4.78, 5) is 38.3. The normalized spacial score (nSPS) is 16.7. The van der Waals surface area contributed by atoms with Crippen LogP contribution in [0.4, 0.5) is 0 Å². The number of rotatable bonds is 9. The maximum atomic E-state index is 12.3. The Hall–Kier alpha value is -2.10. The molecule has 1 aliphatic heterocycles. The predicted octanol–water partition coefficient (Wildman–Crippen LogP) is 3.09. The summed E-state index contributed by atoms with van der Waals surface area (Å²) in [5.74, 6) is -0.646. The minimum absolute atomic E-state index is 0.104. The van der Waals surface area contributed by atoms with Crippen LogP contribution in [0.3, 0.4) is 0 Å². The van der Waals surface area contributed by atoms with Crippen molar-refractivity contribution in [1.29, 1.82) is 0 Å². The number of carbonyl (C=O) groups is 3. The van der Waals surface area contributed by atoms with Crippen LogP contribution in [-0.2, 0) is 19.1 Å². The summed E-state index contributed by atoms with van der Waals surface area (Å²) in [7, 11) is 0. The SMILES string of the molecule is CCC(C)OC(=O)CC1C(=O)NCCN1C(=S)NC(=O)CCCOc1ccc(Cl)cc1Cl. The number of benzene rings is 1. The number of halogens is 2. The van der Waals surface area contributed by atoms with Gasteiger partial charge in [-0.3, -0.25) is 14.4 Å². The third kappa shape index (κ3) is 8.11. The molecular weight excluding hydrogens is 477 g/mol. The van der Waals surface area contributed by atoms with Crippen LogP contribution < -0.4 is 15.4 Å². The smallest absolute Gasteiger partial charge is 0.308 e. The van der Waals surface area contributed by atoms with E-state index in [4.69, 9.17) is 44.9 Å². The Kier molecular flexibility index (Phi) is 10.5. The highest BCUT2D eigenvalue weighted by Gasteiger charge is 2.34. The monoisotopic (exact) mass is 503 g/mol. The van der Waals surface area contributed by atoms with E-state index in [1.54, 1.807) is 30.0 Å². The van der Waals surface area contributed by atoms with Crippen LogP contribution in [0.15, 0.2) is 18.2 Å². The number of carbonyl (C=O) groups excluding carboxylic acids is 3. The van der Waals surface area contributed by atoms with E-state index in [2.05, 4.69) is 10.6 Å². The molecule has 0 saturated carbocycles. The van der Waals surface area contributed by atoms with Gasteiger partial charge >= 0.3 is 5.97 Å². The zero-order valence-corrected chi connectivity index (χ0v) is 20.3. The van der Waals surface area contributed by atoms with Crippen LogP contribution in [0, 0.1) is 0 Å². The van der Waals surface area contributed by atoms with Crippen LogP contribution in [0.5, 0.6) is 5.75 Å². The molecule has 1 fully saturated rings. The van der Waals surface area contributed by atoms with Gasteiger partial charge in [-0.15, -0.1) is 0 Å². The van der Waals surface area contributed by atoms with Crippen molar-refractivity contribution < 1.29 is 23.9 Å². The summed E-state index contributed by atoms with van der Waals surface area (Å²) in [6.07, 6.45) is 0.876. The van der Waals surface area contributed by atoms with Gasteiger partial charge in [-0.05, 0) is 50.2 Å². The molecule has 1 heterocycles. The summed E-state index contributed by atoms with van der Waals surface area (Å²) < 4.78 is 10.8. The van der Waals surface area contributed by atoms with Gasteiger partial charge in [0.25, 0.3) is 0 Å². The molecule has 0 bridgehead atoms. The van der Waals surface area contributed by atoms with Crippen LogP contribution in [0.1, 0.15) is 39.5 Å². The number of amides is 2. The van der Waals surface area contributed by atoms with Crippen molar-refractivity contribution in [3.63, 3.8) is 0 Å². The van der Waals surface area contributed by atoms with Crippen LogP contribution >= 0.6 is 35.4 Å². The number of nitrogens with zero attached hydrogens (tertiary/aromatic N) is 1. The van der Waals surface area contributed by atoms with Crippen molar-refractivity contribution in [2.45, 2.75) is 51.7 Å². The van der Waals surface area contributed by atoms with E-state index in [0.29, 0.717) is 41.7 Å². The molecule has 32 heavy (non-hydrogen) atoms. The molecular formula is C21H27Cl2N3O5S. The first kappa shape index (κ1) is 26.2. The second-order valence-electron chi connectivity index (χ2n) is 7.29. The van der Waals surface area contributed by atoms with Crippen molar-refractivity contribution in [1.82, 2.24) is 15.5 Å². The van der Waals surface area contributed by atoms with E-state index in [0.717, 1.165) is 0 Å². The number of hydrogen-bond acceptors (Lipinski definition) is 6. The lowest BCUT2D eigenvalue weighted by Crippen LogP contribution is -2.60. The average Bonchev–Trinajstić information content (AvgIpc) is 2.73. The van der Waals surface area contributed by atoms with Crippen molar-refractivity contribution in [2.24, 2.45) is 0 Å². The maximum absolute atomic E-state index is 12.3. The van der Waals surface area contributed by atoms with Gasteiger partial charge < -0.3 is 25.0 Å². The minimum atomic E-state index is -0.830. The van der Waals surface area contributed by atoms with E-state index in [-0.39, 0.29) is 42.5 Å². The summed E-state index contributed by atoms with van der Waals surface area (Å²) in [5.41, 5.74) is 0. The van der Waals surface area contributed by atoms with Crippen LogP contribution in [-0.4, -0.2) is 59.6 Å². The predicted molar refractivity (Wildman–Crippen MR) is 126 cm³/mol. The topological polar surface area (TPSA) is 97.0 Å². The molecule has 0 radical (unpaired) electrons. The molecule has 8 nitrogen and oxygen atoms in total. The summed E-state index contributed by atoms with van der Waals surface area (Å²) in [5, 5.41) is 6.35. The van der Waals surface area contributed by atoms with Crippen molar-refractivity contribution in [2.75, 3.05) is 19.7 Å². The molecule has 11 heteroatoms. The molecule has 2 amide bonds.